The molecule has 22 heavy (non-hydrogen) atoms. The van der Waals surface area contributed by atoms with Gasteiger partial charge < -0.3 is 0 Å². The highest BCUT2D eigenvalue weighted by atomic mass is 14.7. The topological polar surface area (TPSA) is 12.4 Å². The number of rotatable bonds is 3. The Hall–Kier alpha value is -2.41. The Labute approximate surface area is 132 Å². The Kier molecular flexibility index (Phi) is 4.06. The fraction of sp³-hybridized carbons (Fsp3) is 0.190. The molecule has 0 saturated heterocycles. The molecule has 2 aromatic carbocycles. The van der Waals surface area contributed by atoms with Crippen molar-refractivity contribution in [3.8, 4) is 0 Å². The molecule has 0 amide bonds. The maximum absolute atomic E-state index is 4.61. The van der Waals surface area contributed by atoms with E-state index in [0.29, 0.717) is 5.92 Å². The van der Waals surface area contributed by atoms with Crippen LogP contribution in [0.25, 0.3) is 5.57 Å². The lowest BCUT2D eigenvalue weighted by Gasteiger charge is -2.13. The first kappa shape index (κ1) is 14.5. The fourth-order valence-electron chi connectivity index (χ4n) is 3.10. The van der Waals surface area contributed by atoms with Crippen molar-refractivity contribution < 1.29 is 0 Å². The molecule has 0 heterocycles. The average molecular weight is 287 g/mol. The number of aliphatic imine (C=N–C) groups is 1. The maximum Gasteiger partial charge on any atom is 0.0629 e. The summed E-state index contributed by atoms with van der Waals surface area (Å²) in [6, 6.07) is 18.6. The number of hydrogen-bond donors (Lipinski definition) is 0. The van der Waals surface area contributed by atoms with E-state index in [1.54, 1.807) is 0 Å². The average Bonchev–Trinajstić information content (AvgIpc) is 2.79. The molecule has 1 nitrogen and oxygen atoms in total. The van der Waals surface area contributed by atoms with E-state index in [0.717, 1.165) is 5.69 Å². The molecular formula is C21H21N. The molecule has 1 heteroatoms. The third kappa shape index (κ3) is 2.80. The molecule has 110 valence electrons. The van der Waals surface area contributed by atoms with Crippen molar-refractivity contribution in [2.75, 3.05) is 0 Å². The van der Waals surface area contributed by atoms with Crippen LogP contribution in [0, 0.1) is 5.92 Å². The van der Waals surface area contributed by atoms with Gasteiger partial charge in [0.05, 0.1) is 5.69 Å². The van der Waals surface area contributed by atoms with Crippen LogP contribution >= 0.6 is 0 Å². The minimum absolute atomic E-state index is 0.464. The zero-order valence-corrected chi connectivity index (χ0v) is 13.4. The van der Waals surface area contributed by atoms with Crippen molar-refractivity contribution in [2.45, 2.75) is 20.8 Å². The lowest BCUT2D eigenvalue weighted by atomic mass is 9.91. The minimum atomic E-state index is 0.464. The van der Waals surface area contributed by atoms with Gasteiger partial charge in [-0.05, 0) is 42.7 Å². The normalized spacial score (nSPS) is 18.1. The monoisotopic (exact) mass is 287 g/mol. The molecular weight excluding hydrogens is 266 g/mol. The summed E-state index contributed by atoms with van der Waals surface area (Å²) < 4.78 is 0. The molecule has 3 rings (SSSR count). The van der Waals surface area contributed by atoms with E-state index < -0.39 is 0 Å². The van der Waals surface area contributed by atoms with E-state index in [4.69, 9.17) is 0 Å². The van der Waals surface area contributed by atoms with Crippen LogP contribution in [0.5, 0.6) is 0 Å². The lowest BCUT2D eigenvalue weighted by Crippen LogP contribution is -1.98. The second kappa shape index (κ2) is 6.15. The third-order valence-electron chi connectivity index (χ3n) is 4.31. The van der Waals surface area contributed by atoms with Gasteiger partial charge in [0.1, 0.15) is 0 Å². The van der Waals surface area contributed by atoms with Gasteiger partial charge in [0.25, 0.3) is 0 Å². The van der Waals surface area contributed by atoms with Gasteiger partial charge >= 0.3 is 0 Å². The predicted molar refractivity (Wildman–Crippen MR) is 95.7 cm³/mol. The van der Waals surface area contributed by atoms with Gasteiger partial charge in [0.15, 0.2) is 0 Å². The molecule has 1 aliphatic rings. The second-order valence-corrected chi connectivity index (χ2v) is 5.86. The Morgan fingerprint density at radius 3 is 2.27 bits per heavy atom. The predicted octanol–water partition coefficient (Wildman–Crippen LogP) is 5.81. The summed E-state index contributed by atoms with van der Waals surface area (Å²) >= 11 is 0. The molecule has 0 spiro atoms. The van der Waals surface area contributed by atoms with Gasteiger partial charge in [-0.15, -0.1) is 0 Å². The SMILES string of the molecule is CC1=CC(C)C(c2ccccc2/C=N/c2ccccc2)=C1C. The van der Waals surface area contributed by atoms with Crippen LogP contribution in [0.4, 0.5) is 5.69 Å². The summed E-state index contributed by atoms with van der Waals surface area (Å²) in [5.74, 6) is 0.464. The standard InChI is InChI=1S/C21H21N/c1-15-13-16(2)21(17(15)3)20-12-8-7-9-18(20)14-22-19-10-5-4-6-11-19/h4-14,16H,1-3H3/b22-14+. The van der Waals surface area contributed by atoms with Gasteiger partial charge in [-0.1, -0.05) is 61.0 Å². The summed E-state index contributed by atoms with van der Waals surface area (Å²) in [5.41, 5.74) is 7.66. The Bertz CT molecular complexity index is 764. The van der Waals surface area contributed by atoms with E-state index in [1.807, 2.05) is 36.5 Å². The van der Waals surface area contributed by atoms with E-state index in [9.17, 15) is 0 Å². The summed E-state index contributed by atoms with van der Waals surface area (Å²) in [7, 11) is 0. The number of para-hydroxylation sites is 1. The van der Waals surface area contributed by atoms with Gasteiger partial charge in [-0.3, -0.25) is 4.99 Å². The minimum Gasteiger partial charge on any atom is -0.256 e. The molecule has 2 aromatic rings. The first-order valence-electron chi connectivity index (χ1n) is 7.75. The van der Waals surface area contributed by atoms with E-state index in [2.05, 4.69) is 56.1 Å². The molecule has 0 N–H and O–H groups in total. The molecule has 0 aromatic heterocycles. The van der Waals surface area contributed by atoms with Gasteiger partial charge in [0, 0.05) is 17.7 Å². The first-order chi connectivity index (χ1) is 10.7. The lowest BCUT2D eigenvalue weighted by molar-refractivity contribution is 0.975. The van der Waals surface area contributed by atoms with Crippen LogP contribution in [0.1, 0.15) is 31.9 Å². The van der Waals surface area contributed by atoms with E-state index in [-0.39, 0.29) is 0 Å². The van der Waals surface area contributed by atoms with Crippen molar-refractivity contribution in [3.63, 3.8) is 0 Å². The maximum atomic E-state index is 4.61. The summed E-state index contributed by atoms with van der Waals surface area (Å²) in [5, 5.41) is 0. The fourth-order valence-corrected chi connectivity index (χ4v) is 3.10. The number of benzene rings is 2. The van der Waals surface area contributed by atoms with Gasteiger partial charge in [-0.2, -0.15) is 0 Å². The molecule has 1 aliphatic carbocycles. The highest BCUT2D eigenvalue weighted by Crippen LogP contribution is 2.38. The van der Waals surface area contributed by atoms with Crippen LogP contribution in [0.2, 0.25) is 0 Å². The number of allylic oxidation sites excluding steroid dienone is 4. The van der Waals surface area contributed by atoms with Crippen LogP contribution < -0.4 is 0 Å². The van der Waals surface area contributed by atoms with E-state index in [1.165, 1.54) is 27.8 Å². The summed E-state index contributed by atoms with van der Waals surface area (Å²) in [6.45, 7) is 6.68. The van der Waals surface area contributed by atoms with Gasteiger partial charge in [-0.25, -0.2) is 0 Å². The molecule has 0 saturated carbocycles. The molecule has 0 bridgehead atoms. The zero-order chi connectivity index (χ0) is 15.5. The quantitative estimate of drug-likeness (QED) is 0.632. The van der Waals surface area contributed by atoms with Crippen molar-refractivity contribution in [1.29, 1.82) is 0 Å². The summed E-state index contributed by atoms with van der Waals surface area (Å²) in [6.07, 6.45) is 4.32. The third-order valence-corrected chi connectivity index (χ3v) is 4.31. The Morgan fingerprint density at radius 1 is 0.909 bits per heavy atom. The molecule has 1 unspecified atom stereocenters. The van der Waals surface area contributed by atoms with Crippen molar-refractivity contribution >= 4 is 17.5 Å². The number of nitrogens with zero attached hydrogens (tertiary/aromatic N) is 1. The smallest absolute Gasteiger partial charge is 0.0629 e. The van der Waals surface area contributed by atoms with Crippen LogP contribution in [0.15, 0.2) is 76.8 Å². The second-order valence-electron chi connectivity index (χ2n) is 5.86. The largest absolute Gasteiger partial charge is 0.256 e. The Morgan fingerprint density at radius 2 is 1.59 bits per heavy atom. The van der Waals surface area contributed by atoms with Crippen molar-refractivity contribution in [1.82, 2.24) is 0 Å². The van der Waals surface area contributed by atoms with Crippen molar-refractivity contribution in [3.05, 3.63) is 82.9 Å². The Balaban J connectivity index is 2.00. The molecule has 0 radical (unpaired) electrons. The van der Waals surface area contributed by atoms with Crippen LogP contribution in [-0.2, 0) is 0 Å². The highest BCUT2D eigenvalue weighted by molar-refractivity contribution is 5.92. The highest BCUT2D eigenvalue weighted by Gasteiger charge is 2.20. The zero-order valence-electron chi connectivity index (χ0n) is 13.4. The van der Waals surface area contributed by atoms with E-state index >= 15 is 0 Å². The molecule has 0 aliphatic heterocycles. The molecule has 1 atom stereocenters. The van der Waals surface area contributed by atoms with Crippen molar-refractivity contribution in [2.24, 2.45) is 10.9 Å². The first-order valence-corrected chi connectivity index (χ1v) is 7.75. The molecule has 0 fully saturated rings. The van der Waals surface area contributed by atoms with Crippen LogP contribution in [-0.4, -0.2) is 6.21 Å². The summed E-state index contributed by atoms with van der Waals surface area (Å²) in [4.78, 5) is 4.61. The number of hydrogen-bond acceptors (Lipinski definition) is 1. The van der Waals surface area contributed by atoms with Crippen LogP contribution in [0.3, 0.4) is 0 Å². The van der Waals surface area contributed by atoms with Gasteiger partial charge in [0.2, 0.25) is 0 Å².